The minimum absolute atomic E-state index is 0. The minimum Gasteiger partial charge on any atom is -1.00 e. The molecule has 0 rings (SSSR count). The number of halogens is 2. The molecule has 0 atom stereocenters. The standard InChI is InChI=1S/C4H9B.2HI/c1-2-3-4-5;;/h2-4H2,1H3;2*1H/q+2;;/p-2. The monoisotopic (exact) mass is 322 g/mol. The average molecular weight is 322 g/mol. The summed E-state index contributed by atoms with van der Waals surface area (Å²) in [4.78, 5) is 0. The molecule has 0 amide bonds. The Balaban J connectivity index is -0.0000000800. The molecule has 0 spiro atoms. The summed E-state index contributed by atoms with van der Waals surface area (Å²) in [5, 5.41) is 0. The van der Waals surface area contributed by atoms with Gasteiger partial charge in [-0.2, -0.15) is 0 Å². The predicted molar refractivity (Wildman–Crippen MR) is 25.5 cm³/mol. The first-order chi connectivity index (χ1) is 2.41. The number of rotatable bonds is 2. The SMILES string of the molecule is [B+2]CCCC.[I-].[I-]. The maximum Gasteiger partial charge on any atom is -1.00 e. The van der Waals surface area contributed by atoms with Crippen LogP contribution in [0.3, 0.4) is 0 Å². The smallest absolute Gasteiger partial charge is 1.00 e. The molecule has 0 aliphatic carbocycles. The van der Waals surface area contributed by atoms with Crippen molar-refractivity contribution >= 4 is 7.85 Å². The molecular formula is C4H9BI2. The molecule has 42 valence electrons. The zero-order valence-electron chi connectivity index (χ0n) is 4.45. The van der Waals surface area contributed by atoms with Crippen LogP contribution >= 0.6 is 0 Å². The van der Waals surface area contributed by atoms with E-state index in [4.69, 9.17) is 7.85 Å². The Labute approximate surface area is 81.3 Å². The van der Waals surface area contributed by atoms with Gasteiger partial charge in [0.1, 0.15) is 0 Å². The van der Waals surface area contributed by atoms with Crippen LogP contribution in [0.25, 0.3) is 0 Å². The minimum atomic E-state index is 0. The van der Waals surface area contributed by atoms with Crippen molar-refractivity contribution in [2.75, 3.05) is 0 Å². The summed E-state index contributed by atoms with van der Waals surface area (Å²) in [7, 11) is 5.14. The molecule has 0 aromatic heterocycles. The van der Waals surface area contributed by atoms with Crippen molar-refractivity contribution in [3.05, 3.63) is 0 Å². The van der Waals surface area contributed by atoms with Crippen LogP contribution in [-0.2, 0) is 0 Å². The molecule has 0 unspecified atom stereocenters. The van der Waals surface area contributed by atoms with E-state index in [0.29, 0.717) is 0 Å². The van der Waals surface area contributed by atoms with Gasteiger partial charge in [0.05, 0.1) is 0 Å². The zero-order chi connectivity index (χ0) is 4.12. The van der Waals surface area contributed by atoms with Crippen LogP contribution < -0.4 is 48.0 Å². The Morgan fingerprint density at radius 2 is 1.71 bits per heavy atom. The van der Waals surface area contributed by atoms with Gasteiger partial charge in [0.15, 0.2) is 0 Å². The zero-order valence-corrected chi connectivity index (χ0v) is 8.77. The fourth-order valence-electron chi connectivity index (χ4n) is 0.204. The van der Waals surface area contributed by atoms with E-state index in [1.807, 2.05) is 0 Å². The van der Waals surface area contributed by atoms with Gasteiger partial charge in [-0.25, -0.2) is 0 Å². The first-order valence-electron chi connectivity index (χ1n) is 2.12. The molecule has 0 N–H and O–H groups in total. The van der Waals surface area contributed by atoms with E-state index in [9.17, 15) is 0 Å². The van der Waals surface area contributed by atoms with Crippen LogP contribution in [0.4, 0.5) is 0 Å². The van der Waals surface area contributed by atoms with E-state index in [2.05, 4.69) is 6.92 Å². The summed E-state index contributed by atoms with van der Waals surface area (Å²) in [6, 6.07) is 0. The molecule has 0 aliphatic heterocycles. The first kappa shape index (κ1) is 15.8. The van der Waals surface area contributed by atoms with Gasteiger partial charge in [-0.1, -0.05) is 0 Å². The van der Waals surface area contributed by atoms with E-state index in [-0.39, 0.29) is 48.0 Å². The van der Waals surface area contributed by atoms with Gasteiger partial charge in [0, 0.05) is 0 Å². The third kappa shape index (κ3) is 18.5. The van der Waals surface area contributed by atoms with Gasteiger partial charge < -0.3 is 48.0 Å². The van der Waals surface area contributed by atoms with Crippen LogP contribution in [0.2, 0.25) is 6.32 Å². The normalized spacial score (nSPS) is 6.14. The molecule has 0 aromatic carbocycles. The second kappa shape index (κ2) is 15.6. The third-order valence-electron chi connectivity index (χ3n) is 0.558. The predicted octanol–water partition coefficient (Wildman–Crippen LogP) is -4.62. The molecule has 0 nitrogen and oxygen atoms in total. The molecule has 0 aliphatic rings. The molecule has 0 saturated carbocycles. The van der Waals surface area contributed by atoms with E-state index in [0.717, 1.165) is 6.32 Å². The van der Waals surface area contributed by atoms with Crippen LogP contribution in [0.5, 0.6) is 0 Å². The second-order valence-corrected chi connectivity index (χ2v) is 1.14. The molecule has 0 radical (unpaired) electrons. The first-order valence-corrected chi connectivity index (χ1v) is 2.12. The van der Waals surface area contributed by atoms with Gasteiger partial charge in [0.2, 0.25) is 0 Å². The number of hydrogen-bond acceptors (Lipinski definition) is 0. The molecule has 7 heavy (non-hydrogen) atoms. The van der Waals surface area contributed by atoms with Gasteiger partial charge in [-0.3, -0.25) is 0 Å². The molecule has 0 saturated heterocycles. The Morgan fingerprint density at radius 3 is 1.71 bits per heavy atom. The summed E-state index contributed by atoms with van der Waals surface area (Å²) in [6.07, 6.45) is 3.23. The largest absolute Gasteiger partial charge is 1.00 e. The van der Waals surface area contributed by atoms with Crippen molar-refractivity contribution in [2.45, 2.75) is 26.1 Å². The maximum absolute atomic E-state index is 5.14. The van der Waals surface area contributed by atoms with Gasteiger partial charge in [-0.05, 0) is 0 Å². The summed E-state index contributed by atoms with van der Waals surface area (Å²) < 4.78 is 0. The van der Waals surface area contributed by atoms with Crippen molar-refractivity contribution < 1.29 is 48.0 Å². The van der Waals surface area contributed by atoms with Gasteiger partial charge >= 0.3 is 33.9 Å². The van der Waals surface area contributed by atoms with Gasteiger partial charge in [-0.15, -0.1) is 0 Å². The van der Waals surface area contributed by atoms with Crippen LogP contribution in [0.15, 0.2) is 0 Å². The maximum atomic E-state index is 5.14. The van der Waals surface area contributed by atoms with Crippen molar-refractivity contribution in [1.82, 2.24) is 0 Å². The van der Waals surface area contributed by atoms with Crippen molar-refractivity contribution in [1.29, 1.82) is 0 Å². The Bertz CT molecular complexity index is 17.2. The molecular weight excluding hydrogens is 313 g/mol. The second-order valence-electron chi connectivity index (χ2n) is 1.14. The van der Waals surface area contributed by atoms with Crippen LogP contribution in [0.1, 0.15) is 19.8 Å². The molecule has 0 bridgehead atoms. The van der Waals surface area contributed by atoms with E-state index in [1.54, 1.807) is 0 Å². The van der Waals surface area contributed by atoms with Gasteiger partial charge in [0.25, 0.3) is 0 Å². The van der Waals surface area contributed by atoms with E-state index in [1.165, 1.54) is 12.8 Å². The van der Waals surface area contributed by atoms with E-state index < -0.39 is 0 Å². The van der Waals surface area contributed by atoms with Crippen LogP contribution in [0, 0.1) is 0 Å². The topological polar surface area (TPSA) is 0 Å². The van der Waals surface area contributed by atoms with Crippen LogP contribution in [-0.4, -0.2) is 7.85 Å². The summed E-state index contributed by atoms with van der Waals surface area (Å²) in [6.45, 7) is 2.13. The quantitative estimate of drug-likeness (QED) is 0.355. The number of unbranched alkanes of at least 4 members (excludes halogenated alkanes) is 1. The Hall–Kier alpha value is 1.52. The summed E-state index contributed by atoms with van der Waals surface area (Å²) in [5.41, 5.74) is 0. The molecule has 0 aromatic rings. The summed E-state index contributed by atoms with van der Waals surface area (Å²) >= 11 is 0. The fourth-order valence-corrected chi connectivity index (χ4v) is 0.204. The fraction of sp³-hybridized carbons (Fsp3) is 1.00. The molecule has 0 heterocycles. The van der Waals surface area contributed by atoms with Crippen molar-refractivity contribution in [3.8, 4) is 0 Å². The molecule has 0 fully saturated rings. The summed E-state index contributed by atoms with van der Waals surface area (Å²) in [5.74, 6) is 0. The average Bonchev–Trinajstić information content (AvgIpc) is 1.41. The Kier molecular flexibility index (Phi) is 35.3. The number of hydrogen-bond donors (Lipinski definition) is 0. The van der Waals surface area contributed by atoms with Crippen molar-refractivity contribution in [3.63, 3.8) is 0 Å². The Morgan fingerprint density at radius 1 is 1.29 bits per heavy atom. The van der Waals surface area contributed by atoms with E-state index >= 15 is 0 Å². The molecule has 3 heteroatoms. The van der Waals surface area contributed by atoms with Crippen molar-refractivity contribution in [2.24, 2.45) is 0 Å². The third-order valence-corrected chi connectivity index (χ3v) is 0.558.